The number of fused-ring (bicyclic) bond motifs is 1. The van der Waals surface area contributed by atoms with Gasteiger partial charge in [-0.1, -0.05) is 23.7 Å². The second kappa shape index (κ2) is 5.96. The van der Waals surface area contributed by atoms with Gasteiger partial charge in [-0.25, -0.2) is 23.1 Å². The smallest absolute Gasteiger partial charge is 0.230 e. The Balaban J connectivity index is 2.36. The van der Waals surface area contributed by atoms with E-state index in [1.54, 1.807) is 16.8 Å². The van der Waals surface area contributed by atoms with Gasteiger partial charge in [0, 0.05) is 10.6 Å². The fourth-order valence-electron chi connectivity index (χ4n) is 2.48. The number of anilines is 1. The van der Waals surface area contributed by atoms with Gasteiger partial charge in [0.1, 0.15) is 12.0 Å². The van der Waals surface area contributed by atoms with E-state index in [2.05, 4.69) is 19.8 Å². The second-order valence-corrected chi connectivity index (χ2v) is 8.92. The molecule has 9 heteroatoms. The minimum atomic E-state index is -3.50. The number of hydrogen-bond donors (Lipinski definition) is 1. The quantitative estimate of drug-likeness (QED) is 0.754. The number of nitrogens with one attached hydrogen (secondary N) is 1. The van der Waals surface area contributed by atoms with E-state index in [0.717, 1.165) is 11.8 Å². The summed E-state index contributed by atoms with van der Waals surface area (Å²) in [5.74, 6) is 0.202. The predicted octanol–water partition coefficient (Wildman–Crippen LogP) is 3.27. The maximum atomic E-state index is 11.7. The summed E-state index contributed by atoms with van der Waals surface area (Å²) in [7, 11) is -3.50. The fraction of sp³-hybridized carbons (Fsp3) is 0.312. The molecular weight excluding hydrogens is 362 g/mol. The van der Waals surface area contributed by atoms with E-state index in [0.29, 0.717) is 21.7 Å². The predicted molar refractivity (Wildman–Crippen MR) is 99.2 cm³/mol. The van der Waals surface area contributed by atoms with Crippen molar-refractivity contribution in [3.05, 3.63) is 35.6 Å². The molecule has 0 spiro atoms. The second-order valence-electron chi connectivity index (χ2n) is 6.73. The maximum absolute atomic E-state index is 11.7. The molecule has 0 saturated carbocycles. The summed E-state index contributed by atoms with van der Waals surface area (Å²) in [5, 5.41) is 5.84. The molecule has 0 bridgehead atoms. The van der Waals surface area contributed by atoms with E-state index in [1.165, 1.54) is 6.33 Å². The van der Waals surface area contributed by atoms with E-state index in [9.17, 15) is 8.42 Å². The van der Waals surface area contributed by atoms with Crippen LogP contribution in [0.4, 0.5) is 5.82 Å². The molecule has 7 nitrogen and oxygen atoms in total. The summed E-state index contributed by atoms with van der Waals surface area (Å²) in [6.07, 6.45) is 2.41. The van der Waals surface area contributed by atoms with Crippen molar-refractivity contribution in [3.63, 3.8) is 0 Å². The van der Waals surface area contributed by atoms with Gasteiger partial charge in [-0.05, 0) is 32.9 Å². The van der Waals surface area contributed by atoms with Crippen molar-refractivity contribution >= 4 is 38.5 Å². The van der Waals surface area contributed by atoms with Crippen molar-refractivity contribution in [2.24, 2.45) is 0 Å². The van der Waals surface area contributed by atoms with Gasteiger partial charge in [0.15, 0.2) is 11.5 Å². The Labute approximate surface area is 151 Å². The normalized spacial score (nSPS) is 12.5. The molecule has 1 N–H and O–H groups in total. The van der Waals surface area contributed by atoms with E-state index >= 15 is 0 Å². The lowest BCUT2D eigenvalue weighted by molar-refractivity contribution is 0.367. The van der Waals surface area contributed by atoms with Gasteiger partial charge in [0.25, 0.3) is 0 Å². The van der Waals surface area contributed by atoms with E-state index in [4.69, 9.17) is 11.6 Å². The molecule has 132 valence electrons. The zero-order chi connectivity index (χ0) is 18.4. The van der Waals surface area contributed by atoms with Crippen LogP contribution in [-0.2, 0) is 15.6 Å². The van der Waals surface area contributed by atoms with Gasteiger partial charge < -0.3 is 0 Å². The van der Waals surface area contributed by atoms with Crippen LogP contribution in [0.2, 0.25) is 5.02 Å². The van der Waals surface area contributed by atoms with Crippen molar-refractivity contribution in [2.45, 2.75) is 26.3 Å². The molecule has 3 aromatic rings. The molecule has 2 heterocycles. The standard InChI is InChI=1S/C16H18ClN5O2S/c1-16(2,3)22-15-12(14(18-9-19-15)21-25(4,23)24)13(20-22)10-5-7-11(17)8-6-10/h5-9H,1-4H3,(H,18,19,21). The van der Waals surface area contributed by atoms with Crippen LogP contribution in [0.1, 0.15) is 20.8 Å². The third kappa shape index (κ3) is 3.59. The monoisotopic (exact) mass is 379 g/mol. The van der Waals surface area contributed by atoms with E-state index in [1.807, 2.05) is 32.9 Å². The van der Waals surface area contributed by atoms with Crippen LogP contribution in [0.5, 0.6) is 0 Å². The molecule has 0 radical (unpaired) electrons. The minimum absolute atomic E-state index is 0.202. The average molecular weight is 380 g/mol. The lowest BCUT2D eigenvalue weighted by Gasteiger charge is -2.19. The number of halogens is 1. The van der Waals surface area contributed by atoms with Crippen molar-refractivity contribution in [1.29, 1.82) is 0 Å². The molecule has 0 aliphatic rings. The highest BCUT2D eigenvalue weighted by Gasteiger charge is 2.25. The third-order valence-corrected chi connectivity index (χ3v) is 4.32. The van der Waals surface area contributed by atoms with Crippen LogP contribution in [0.25, 0.3) is 22.3 Å². The largest absolute Gasteiger partial charge is 0.267 e. The Bertz CT molecular complexity index is 1040. The van der Waals surface area contributed by atoms with Crippen molar-refractivity contribution in [2.75, 3.05) is 11.0 Å². The summed E-state index contributed by atoms with van der Waals surface area (Å²) in [5.41, 5.74) is 1.59. The summed E-state index contributed by atoms with van der Waals surface area (Å²) < 4.78 is 27.7. The van der Waals surface area contributed by atoms with Crippen LogP contribution in [0, 0.1) is 0 Å². The summed E-state index contributed by atoms with van der Waals surface area (Å²) in [4.78, 5) is 8.44. The topological polar surface area (TPSA) is 89.8 Å². The van der Waals surface area contributed by atoms with Gasteiger partial charge in [-0.2, -0.15) is 5.10 Å². The Morgan fingerprint density at radius 2 is 1.76 bits per heavy atom. The summed E-state index contributed by atoms with van der Waals surface area (Å²) in [6.45, 7) is 5.99. The van der Waals surface area contributed by atoms with Crippen LogP contribution < -0.4 is 4.72 Å². The Morgan fingerprint density at radius 3 is 2.32 bits per heavy atom. The van der Waals surface area contributed by atoms with Gasteiger partial charge >= 0.3 is 0 Å². The third-order valence-electron chi connectivity index (χ3n) is 3.50. The highest BCUT2D eigenvalue weighted by molar-refractivity contribution is 7.92. The molecule has 0 atom stereocenters. The maximum Gasteiger partial charge on any atom is 0.230 e. The Hall–Kier alpha value is -2.19. The molecule has 0 unspecified atom stereocenters. The summed E-state index contributed by atoms with van der Waals surface area (Å²) in [6, 6.07) is 7.17. The zero-order valence-electron chi connectivity index (χ0n) is 14.3. The fourth-order valence-corrected chi connectivity index (χ4v) is 3.11. The Morgan fingerprint density at radius 1 is 1.12 bits per heavy atom. The molecule has 0 fully saturated rings. The summed E-state index contributed by atoms with van der Waals surface area (Å²) >= 11 is 5.97. The molecule has 1 aromatic carbocycles. The lowest BCUT2D eigenvalue weighted by atomic mass is 10.1. The average Bonchev–Trinajstić information content (AvgIpc) is 2.87. The lowest BCUT2D eigenvalue weighted by Crippen LogP contribution is -2.23. The molecule has 0 saturated heterocycles. The highest BCUT2D eigenvalue weighted by atomic mass is 35.5. The molecule has 0 aliphatic carbocycles. The van der Waals surface area contributed by atoms with Gasteiger partial charge in [0.2, 0.25) is 10.0 Å². The highest BCUT2D eigenvalue weighted by Crippen LogP contribution is 2.34. The SMILES string of the molecule is CC(C)(C)n1nc(-c2ccc(Cl)cc2)c2c(NS(C)(=O)=O)ncnc21. The number of aromatic nitrogens is 4. The van der Waals surface area contributed by atoms with Crippen molar-refractivity contribution in [3.8, 4) is 11.3 Å². The molecule has 0 aliphatic heterocycles. The first kappa shape index (κ1) is 17.6. The molecule has 3 rings (SSSR count). The number of rotatable bonds is 3. The molecular formula is C16H18ClN5O2S. The Kier molecular flexibility index (Phi) is 4.20. The van der Waals surface area contributed by atoms with Crippen LogP contribution in [0.15, 0.2) is 30.6 Å². The molecule has 2 aromatic heterocycles. The first-order valence-electron chi connectivity index (χ1n) is 7.54. The van der Waals surface area contributed by atoms with Crippen LogP contribution in [0.3, 0.4) is 0 Å². The van der Waals surface area contributed by atoms with Gasteiger partial charge in [-0.3, -0.25) is 4.72 Å². The van der Waals surface area contributed by atoms with E-state index < -0.39 is 10.0 Å². The minimum Gasteiger partial charge on any atom is -0.267 e. The first-order chi connectivity index (χ1) is 11.6. The number of nitrogens with zero attached hydrogens (tertiary/aromatic N) is 4. The number of hydrogen-bond acceptors (Lipinski definition) is 5. The first-order valence-corrected chi connectivity index (χ1v) is 9.81. The number of sulfonamides is 1. The van der Waals surface area contributed by atoms with Crippen LogP contribution >= 0.6 is 11.6 Å². The van der Waals surface area contributed by atoms with Crippen molar-refractivity contribution in [1.82, 2.24) is 19.7 Å². The number of benzene rings is 1. The van der Waals surface area contributed by atoms with Crippen molar-refractivity contribution < 1.29 is 8.42 Å². The molecule has 25 heavy (non-hydrogen) atoms. The molecule has 0 amide bonds. The zero-order valence-corrected chi connectivity index (χ0v) is 15.9. The van der Waals surface area contributed by atoms with Crippen LogP contribution in [-0.4, -0.2) is 34.4 Å². The van der Waals surface area contributed by atoms with E-state index in [-0.39, 0.29) is 11.4 Å². The van der Waals surface area contributed by atoms with Gasteiger partial charge in [-0.15, -0.1) is 0 Å². The van der Waals surface area contributed by atoms with Gasteiger partial charge in [0.05, 0.1) is 17.2 Å².